The van der Waals surface area contributed by atoms with Crippen LogP contribution in [0.5, 0.6) is 5.75 Å². The Hall–Kier alpha value is -1.06. The van der Waals surface area contributed by atoms with Crippen LogP contribution < -0.4 is 4.74 Å². The van der Waals surface area contributed by atoms with Crippen LogP contribution in [-0.4, -0.2) is 27.1 Å². The molecule has 3 nitrogen and oxygen atoms in total. The van der Waals surface area contributed by atoms with Gasteiger partial charge in [0.05, 0.1) is 13.2 Å². The SMILES string of the molecule is COCCOCOc1ccccc1C12CC3CC(CC(C3)C1)C2. The first-order chi connectivity index (χ1) is 11.3. The summed E-state index contributed by atoms with van der Waals surface area (Å²) in [5.41, 5.74) is 1.81. The molecule has 1 aromatic carbocycles. The fraction of sp³-hybridized carbons (Fsp3) is 0.700. The summed E-state index contributed by atoms with van der Waals surface area (Å²) in [6.45, 7) is 1.50. The fourth-order valence-corrected chi connectivity index (χ4v) is 5.78. The summed E-state index contributed by atoms with van der Waals surface area (Å²) in [5, 5.41) is 0. The summed E-state index contributed by atoms with van der Waals surface area (Å²) in [6, 6.07) is 8.67. The number of hydrogen-bond acceptors (Lipinski definition) is 3. The van der Waals surface area contributed by atoms with Crippen molar-refractivity contribution in [1.29, 1.82) is 0 Å². The van der Waals surface area contributed by atoms with Crippen molar-refractivity contribution in [2.45, 2.75) is 43.9 Å². The summed E-state index contributed by atoms with van der Waals surface area (Å²) in [6.07, 6.45) is 8.52. The zero-order valence-electron chi connectivity index (χ0n) is 14.1. The summed E-state index contributed by atoms with van der Waals surface area (Å²) in [4.78, 5) is 0. The Kier molecular flexibility index (Phi) is 4.33. The van der Waals surface area contributed by atoms with Crippen molar-refractivity contribution in [3.8, 4) is 5.75 Å². The Bertz CT molecular complexity index is 504. The lowest BCUT2D eigenvalue weighted by Crippen LogP contribution is -2.48. The van der Waals surface area contributed by atoms with E-state index in [1.54, 1.807) is 7.11 Å². The molecule has 5 rings (SSSR count). The van der Waals surface area contributed by atoms with Gasteiger partial charge in [0.25, 0.3) is 0 Å². The van der Waals surface area contributed by atoms with E-state index in [4.69, 9.17) is 14.2 Å². The summed E-state index contributed by atoms with van der Waals surface area (Å²) < 4.78 is 16.5. The van der Waals surface area contributed by atoms with E-state index >= 15 is 0 Å². The van der Waals surface area contributed by atoms with Crippen LogP contribution in [0.4, 0.5) is 0 Å². The lowest BCUT2D eigenvalue weighted by Gasteiger charge is -2.57. The van der Waals surface area contributed by atoms with Gasteiger partial charge in [-0.25, -0.2) is 0 Å². The lowest BCUT2D eigenvalue weighted by atomic mass is 9.48. The van der Waals surface area contributed by atoms with Gasteiger partial charge in [0.1, 0.15) is 5.75 Å². The fourth-order valence-electron chi connectivity index (χ4n) is 5.78. The van der Waals surface area contributed by atoms with Gasteiger partial charge in [-0.2, -0.15) is 0 Å². The molecule has 23 heavy (non-hydrogen) atoms. The Labute approximate surface area is 139 Å². The first-order valence-corrected chi connectivity index (χ1v) is 9.08. The van der Waals surface area contributed by atoms with Gasteiger partial charge in [-0.3, -0.25) is 0 Å². The predicted molar refractivity (Wildman–Crippen MR) is 89.6 cm³/mol. The molecule has 1 aromatic rings. The highest BCUT2D eigenvalue weighted by atomic mass is 16.7. The number of methoxy groups -OCH3 is 1. The topological polar surface area (TPSA) is 27.7 Å². The average molecular weight is 316 g/mol. The van der Waals surface area contributed by atoms with E-state index < -0.39 is 0 Å². The van der Waals surface area contributed by atoms with E-state index in [-0.39, 0.29) is 0 Å². The van der Waals surface area contributed by atoms with Gasteiger partial charge in [0.2, 0.25) is 0 Å². The molecule has 0 aliphatic heterocycles. The zero-order chi connectivity index (χ0) is 15.7. The standard InChI is InChI=1S/C20H28O3/c1-21-6-7-22-14-23-19-5-3-2-4-18(19)20-11-15-8-16(12-20)10-17(9-15)13-20/h2-5,15-17H,6-14H2,1H3. The summed E-state index contributed by atoms with van der Waals surface area (Å²) in [5.74, 6) is 3.89. The van der Waals surface area contributed by atoms with Crippen LogP contribution in [0.3, 0.4) is 0 Å². The van der Waals surface area contributed by atoms with Crippen molar-refractivity contribution in [1.82, 2.24) is 0 Å². The molecule has 0 atom stereocenters. The molecule has 0 aromatic heterocycles. The molecule has 0 N–H and O–H groups in total. The minimum atomic E-state index is 0.312. The molecule has 0 spiro atoms. The number of rotatable bonds is 7. The Morgan fingerprint density at radius 2 is 1.61 bits per heavy atom. The first kappa shape index (κ1) is 15.5. The summed E-state index contributed by atoms with van der Waals surface area (Å²) in [7, 11) is 1.69. The quantitative estimate of drug-likeness (QED) is 0.558. The second-order valence-electron chi connectivity index (χ2n) is 7.86. The van der Waals surface area contributed by atoms with Crippen molar-refractivity contribution in [3.63, 3.8) is 0 Å². The maximum Gasteiger partial charge on any atom is 0.189 e. The maximum absolute atomic E-state index is 6.00. The van der Waals surface area contributed by atoms with Crippen LogP contribution in [0, 0.1) is 17.8 Å². The van der Waals surface area contributed by atoms with Crippen LogP contribution in [-0.2, 0) is 14.9 Å². The molecule has 4 fully saturated rings. The van der Waals surface area contributed by atoms with Gasteiger partial charge in [-0.1, -0.05) is 18.2 Å². The van der Waals surface area contributed by atoms with Gasteiger partial charge < -0.3 is 14.2 Å². The molecule has 4 aliphatic rings. The second-order valence-corrected chi connectivity index (χ2v) is 7.86. The normalized spacial score (nSPS) is 34.7. The highest BCUT2D eigenvalue weighted by molar-refractivity contribution is 5.41. The van der Waals surface area contributed by atoms with Crippen LogP contribution in [0.1, 0.15) is 44.1 Å². The molecule has 3 heteroatoms. The number of para-hydroxylation sites is 1. The van der Waals surface area contributed by atoms with E-state index in [0.717, 1.165) is 23.5 Å². The largest absolute Gasteiger partial charge is 0.467 e. The minimum absolute atomic E-state index is 0.312. The highest BCUT2D eigenvalue weighted by Gasteiger charge is 2.52. The van der Waals surface area contributed by atoms with E-state index in [1.807, 2.05) is 0 Å². The van der Waals surface area contributed by atoms with Gasteiger partial charge in [0.15, 0.2) is 6.79 Å². The van der Waals surface area contributed by atoms with Crippen LogP contribution in [0.2, 0.25) is 0 Å². The van der Waals surface area contributed by atoms with Crippen LogP contribution in [0.15, 0.2) is 24.3 Å². The molecule has 0 saturated heterocycles. The van der Waals surface area contributed by atoms with Gasteiger partial charge in [-0.05, 0) is 67.8 Å². The minimum Gasteiger partial charge on any atom is -0.467 e. The molecule has 0 radical (unpaired) electrons. The molecule has 0 amide bonds. The third-order valence-electron chi connectivity index (χ3n) is 6.23. The second kappa shape index (κ2) is 6.45. The predicted octanol–water partition coefficient (Wildman–Crippen LogP) is 4.15. The van der Waals surface area contributed by atoms with E-state index in [0.29, 0.717) is 25.4 Å². The van der Waals surface area contributed by atoms with E-state index in [9.17, 15) is 0 Å². The molecule has 0 unspecified atom stereocenters. The van der Waals surface area contributed by atoms with Crippen molar-refractivity contribution in [2.75, 3.05) is 27.1 Å². The maximum atomic E-state index is 6.00. The van der Waals surface area contributed by atoms with Crippen LogP contribution in [0.25, 0.3) is 0 Å². The van der Waals surface area contributed by atoms with Crippen LogP contribution >= 0.6 is 0 Å². The average Bonchev–Trinajstić information content (AvgIpc) is 2.54. The van der Waals surface area contributed by atoms with Gasteiger partial charge >= 0.3 is 0 Å². The van der Waals surface area contributed by atoms with E-state index in [2.05, 4.69) is 24.3 Å². The monoisotopic (exact) mass is 316 g/mol. The molecular formula is C20H28O3. The number of ether oxygens (including phenoxy) is 3. The number of benzene rings is 1. The Morgan fingerprint density at radius 3 is 2.26 bits per heavy atom. The van der Waals surface area contributed by atoms with E-state index in [1.165, 1.54) is 44.1 Å². The first-order valence-electron chi connectivity index (χ1n) is 9.08. The van der Waals surface area contributed by atoms with Gasteiger partial charge in [-0.15, -0.1) is 0 Å². The zero-order valence-corrected chi connectivity index (χ0v) is 14.1. The molecule has 0 heterocycles. The molecule has 126 valence electrons. The lowest BCUT2D eigenvalue weighted by molar-refractivity contribution is -0.0189. The molecular weight excluding hydrogens is 288 g/mol. The van der Waals surface area contributed by atoms with Crippen molar-refractivity contribution < 1.29 is 14.2 Å². The Morgan fingerprint density at radius 1 is 0.957 bits per heavy atom. The molecule has 4 bridgehead atoms. The van der Waals surface area contributed by atoms with Crippen molar-refractivity contribution >= 4 is 0 Å². The summed E-state index contributed by atoms with van der Waals surface area (Å²) >= 11 is 0. The van der Waals surface area contributed by atoms with Crippen molar-refractivity contribution in [3.05, 3.63) is 29.8 Å². The molecule has 4 aliphatic carbocycles. The number of hydrogen-bond donors (Lipinski definition) is 0. The third kappa shape index (κ3) is 3.01. The third-order valence-corrected chi connectivity index (χ3v) is 6.23. The highest BCUT2D eigenvalue weighted by Crippen LogP contribution is 2.61. The van der Waals surface area contributed by atoms with Crippen molar-refractivity contribution in [2.24, 2.45) is 17.8 Å². The van der Waals surface area contributed by atoms with Gasteiger partial charge in [0, 0.05) is 12.7 Å². The molecule has 4 saturated carbocycles. The smallest absolute Gasteiger partial charge is 0.189 e. The Balaban J connectivity index is 1.50.